The number of alkyl halides is 1. The van der Waals surface area contributed by atoms with Gasteiger partial charge in [0.05, 0.1) is 5.52 Å². The van der Waals surface area contributed by atoms with Gasteiger partial charge in [-0.2, -0.15) is 0 Å². The van der Waals surface area contributed by atoms with E-state index in [1.807, 2.05) is 30.3 Å². The second-order valence-corrected chi connectivity index (χ2v) is 3.67. The van der Waals surface area contributed by atoms with E-state index in [4.69, 9.17) is 11.6 Å². The summed E-state index contributed by atoms with van der Waals surface area (Å²) in [4.78, 5) is 15.4. The van der Waals surface area contributed by atoms with Crippen LogP contribution in [0.4, 0.5) is 0 Å². The van der Waals surface area contributed by atoms with E-state index in [1.165, 1.54) is 0 Å². The molecular formula is C12H11ClN2O. The van der Waals surface area contributed by atoms with E-state index >= 15 is 0 Å². The van der Waals surface area contributed by atoms with Crippen molar-refractivity contribution in [3.8, 4) is 0 Å². The van der Waals surface area contributed by atoms with Gasteiger partial charge in [0, 0.05) is 18.1 Å². The number of hydrogen-bond donors (Lipinski definition) is 1. The van der Waals surface area contributed by atoms with Crippen molar-refractivity contribution >= 4 is 28.4 Å². The number of amides is 1. The predicted molar refractivity (Wildman–Crippen MR) is 64.3 cm³/mol. The third-order valence-electron chi connectivity index (χ3n) is 2.31. The summed E-state index contributed by atoms with van der Waals surface area (Å²) in [5.41, 5.74) is 1.91. The molecule has 0 aliphatic rings. The smallest absolute Gasteiger partial charge is 0.235 e. The van der Waals surface area contributed by atoms with Crippen LogP contribution in [-0.4, -0.2) is 16.8 Å². The zero-order chi connectivity index (χ0) is 11.4. The summed E-state index contributed by atoms with van der Waals surface area (Å²) >= 11 is 5.41. The van der Waals surface area contributed by atoms with Crippen LogP contribution in [0.2, 0.25) is 0 Å². The first-order valence-electron chi connectivity index (χ1n) is 4.96. The summed E-state index contributed by atoms with van der Waals surface area (Å²) in [5.74, 6) is -0.187. The molecule has 0 spiro atoms. The van der Waals surface area contributed by atoms with Gasteiger partial charge in [-0.3, -0.25) is 9.78 Å². The first-order valence-corrected chi connectivity index (χ1v) is 5.50. The number of carbonyl (C=O) groups is 1. The Morgan fingerprint density at radius 2 is 2.12 bits per heavy atom. The van der Waals surface area contributed by atoms with Crippen LogP contribution in [0.5, 0.6) is 0 Å². The number of hydrogen-bond acceptors (Lipinski definition) is 2. The van der Waals surface area contributed by atoms with E-state index in [0.29, 0.717) is 6.54 Å². The number of rotatable bonds is 3. The topological polar surface area (TPSA) is 42.0 Å². The third-order valence-corrected chi connectivity index (χ3v) is 2.56. The second kappa shape index (κ2) is 4.94. The highest BCUT2D eigenvalue weighted by Gasteiger charge is 2.03. The SMILES string of the molecule is O=C(CCl)NCc1cccc2cccnc12. The lowest BCUT2D eigenvalue weighted by atomic mass is 10.1. The van der Waals surface area contributed by atoms with E-state index in [2.05, 4.69) is 10.3 Å². The van der Waals surface area contributed by atoms with Gasteiger partial charge in [-0.1, -0.05) is 24.3 Å². The van der Waals surface area contributed by atoms with Gasteiger partial charge in [0.2, 0.25) is 5.91 Å². The number of pyridine rings is 1. The van der Waals surface area contributed by atoms with Crippen LogP contribution in [0, 0.1) is 0 Å². The van der Waals surface area contributed by atoms with E-state index in [0.717, 1.165) is 16.5 Å². The highest BCUT2D eigenvalue weighted by Crippen LogP contribution is 2.15. The molecule has 0 atom stereocenters. The molecule has 82 valence electrons. The zero-order valence-corrected chi connectivity index (χ0v) is 9.37. The average molecular weight is 235 g/mol. The highest BCUT2D eigenvalue weighted by atomic mass is 35.5. The molecule has 1 aromatic carbocycles. The molecule has 1 amide bonds. The predicted octanol–water partition coefficient (Wildman–Crippen LogP) is 2.09. The Hall–Kier alpha value is -1.61. The summed E-state index contributed by atoms with van der Waals surface area (Å²) in [6, 6.07) is 9.78. The Bertz CT molecular complexity index is 508. The van der Waals surface area contributed by atoms with Crippen molar-refractivity contribution < 1.29 is 4.79 Å². The number of carbonyl (C=O) groups excluding carboxylic acids is 1. The number of nitrogens with one attached hydrogen (secondary N) is 1. The third kappa shape index (κ3) is 2.31. The molecule has 0 radical (unpaired) electrons. The van der Waals surface area contributed by atoms with Gasteiger partial charge in [0.15, 0.2) is 0 Å². The van der Waals surface area contributed by atoms with Gasteiger partial charge in [-0.25, -0.2) is 0 Å². The fourth-order valence-electron chi connectivity index (χ4n) is 1.55. The minimum absolute atomic E-state index is 0.0157. The van der Waals surface area contributed by atoms with E-state index in [9.17, 15) is 4.79 Å². The molecule has 0 saturated carbocycles. The Morgan fingerprint density at radius 3 is 2.94 bits per heavy atom. The number of para-hydroxylation sites is 1. The minimum atomic E-state index is -0.172. The van der Waals surface area contributed by atoms with Gasteiger partial charge < -0.3 is 5.32 Å². The maximum absolute atomic E-state index is 11.1. The van der Waals surface area contributed by atoms with Gasteiger partial charge in [-0.05, 0) is 11.6 Å². The van der Waals surface area contributed by atoms with Gasteiger partial charge in [-0.15, -0.1) is 11.6 Å². The molecule has 0 saturated heterocycles. The quantitative estimate of drug-likeness (QED) is 0.827. The first kappa shape index (κ1) is 10.9. The molecule has 16 heavy (non-hydrogen) atoms. The molecule has 2 aromatic rings. The molecule has 3 nitrogen and oxygen atoms in total. The summed E-state index contributed by atoms with van der Waals surface area (Å²) in [5, 5.41) is 3.80. The van der Waals surface area contributed by atoms with Gasteiger partial charge in [0.1, 0.15) is 5.88 Å². The van der Waals surface area contributed by atoms with Crippen molar-refractivity contribution in [3.63, 3.8) is 0 Å². The van der Waals surface area contributed by atoms with Crippen LogP contribution >= 0.6 is 11.6 Å². The van der Waals surface area contributed by atoms with Crippen molar-refractivity contribution in [3.05, 3.63) is 42.1 Å². The van der Waals surface area contributed by atoms with E-state index in [1.54, 1.807) is 6.20 Å². The molecule has 4 heteroatoms. The van der Waals surface area contributed by atoms with Crippen LogP contribution in [-0.2, 0) is 11.3 Å². The van der Waals surface area contributed by atoms with Gasteiger partial charge in [0.25, 0.3) is 0 Å². The fourth-order valence-corrected chi connectivity index (χ4v) is 1.65. The van der Waals surface area contributed by atoms with E-state index < -0.39 is 0 Å². The Balaban J connectivity index is 2.27. The number of halogens is 1. The van der Waals surface area contributed by atoms with Crippen molar-refractivity contribution in [2.24, 2.45) is 0 Å². The van der Waals surface area contributed by atoms with Crippen molar-refractivity contribution in [1.82, 2.24) is 10.3 Å². The molecule has 0 unspecified atom stereocenters. The molecule has 1 aromatic heterocycles. The molecule has 2 rings (SSSR count). The molecular weight excluding hydrogens is 224 g/mol. The Morgan fingerprint density at radius 1 is 1.31 bits per heavy atom. The van der Waals surface area contributed by atoms with E-state index in [-0.39, 0.29) is 11.8 Å². The Kier molecular flexibility index (Phi) is 3.37. The number of benzene rings is 1. The summed E-state index contributed by atoms with van der Waals surface area (Å²) < 4.78 is 0. The first-order chi connectivity index (χ1) is 7.81. The lowest BCUT2D eigenvalue weighted by Crippen LogP contribution is -2.23. The maximum atomic E-state index is 11.1. The average Bonchev–Trinajstić information content (AvgIpc) is 2.35. The number of aromatic nitrogens is 1. The summed E-state index contributed by atoms with van der Waals surface area (Å²) in [7, 11) is 0. The molecule has 0 fully saturated rings. The number of nitrogens with zero attached hydrogens (tertiary/aromatic N) is 1. The summed E-state index contributed by atoms with van der Waals surface area (Å²) in [6.07, 6.45) is 1.75. The van der Waals surface area contributed by atoms with Crippen molar-refractivity contribution in [2.45, 2.75) is 6.54 Å². The van der Waals surface area contributed by atoms with Crippen LogP contribution in [0.3, 0.4) is 0 Å². The van der Waals surface area contributed by atoms with Crippen LogP contribution in [0.1, 0.15) is 5.56 Å². The second-order valence-electron chi connectivity index (χ2n) is 3.40. The molecule has 0 bridgehead atoms. The highest BCUT2D eigenvalue weighted by molar-refractivity contribution is 6.27. The Labute approximate surface area is 98.4 Å². The molecule has 1 heterocycles. The summed E-state index contributed by atoms with van der Waals surface area (Å²) in [6.45, 7) is 0.458. The fraction of sp³-hybridized carbons (Fsp3) is 0.167. The standard InChI is InChI=1S/C12H11ClN2O/c13-7-11(16)15-8-10-4-1-3-9-5-2-6-14-12(9)10/h1-6H,7-8H2,(H,15,16). The largest absolute Gasteiger partial charge is 0.351 e. The van der Waals surface area contributed by atoms with Crippen LogP contribution in [0.15, 0.2) is 36.5 Å². The zero-order valence-electron chi connectivity index (χ0n) is 8.61. The van der Waals surface area contributed by atoms with Crippen molar-refractivity contribution in [2.75, 3.05) is 5.88 Å². The molecule has 1 N–H and O–H groups in total. The monoisotopic (exact) mass is 234 g/mol. The van der Waals surface area contributed by atoms with Gasteiger partial charge >= 0.3 is 0 Å². The maximum Gasteiger partial charge on any atom is 0.235 e. The van der Waals surface area contributed by atoms with Crippen LogP contribution < -0.4 is 5.32 Å². The molecule has 0 aliphatic heterocycles. The number of fused-ring (bicyclic) bond motifs is 1. The van der Waals surface area contributed by atoms with Crippen LogP contribution in [0.25, 0.3) is 10.9 Å². The minimum Gasteiger partial charge on any atom is -0.351 e. The lowest BCUT2D eigenvalue weighted by Gasteiger charge is -2.06. The normalized spacial score (nSPS) is 10.3. The van der Waals surface area contributed by atoms with Crippen molar-refractivity contribution in [1.29, 1.82) is 0 Å². The molecule has 0 aliphatic carbocycles. The lowest BCUT2D eigenvalue weighted by molar-refractivity contribution is -0.118.